The molecule has 1 aliphatic rings. The van der Waals surface area contributed by atoms with Crippen molar-refractivity contribution in [1.82, 2.24) is 0 Å². The van der Waals surface area contributed by atoms with E-state index in [1.807, 2.05) is 0 Å². The number of hydrogen-bond acceptors (Lipinski definition) is 3. The van der Waals surface area contributed by atoms with Crippen molar-refractivity contribution in [2.75, 3.05) is 5.75 Å². The molecule has 0 unspecified atom stereocenters. The van der Waals surface area contributed by atoms with Gasteiger partial charge in [0.25, 0.3) is 0 Å². The minimum Gasteiger partial charge on any atom is -0.545 e. The molecule has 0 N–H and O–H groups in total. The smallest absolute Gasteiger partial charge is 0.250 e. The van der Waals surface area contributed by atoms with Gasteiger partial charge in [0.2, 0.25) is 8.32 Å². The molecule has 0 amide bonds. The molecule has 2 nitrogen and oxygen atoms in total. The maximum atomic E-state index is 12.1. The summed E-state index contributed by atoms with van der Waals surface area (Å²) in [6.45, 7) is 13.5. The van der Waals surface area contributed by atoms with Crippen LogP contribution in [-0.2, 0) is 9.22 Å². The summed E-state index contributed by atoms with van der Waals surface area (Å²) in [5.74, 6) is 2.34. The lowest BCUT2D eigenvalue weighted by atomic mass is 10.2. The molecule has 0 heterocycles. The normalized spacial score (nSPS) is 16.8. The van der Waals surface area contributed by atoms with E-state index in [9.17, 15) is 4.79 Å². The van der Waals surface area contributed by atoms with E-state index < -0.39 is 8.32 Å². The minimum absolute atomic E-state index is 0.183. The van der Waals surface area contributed by atoms with Crippen LogP contribution in [0.3, 0.4) is 0 Å². The summed E-state index contributed by atoms with van der Waals surface area (Å²) in [6.07, 6.45) is 6.46. The molecule has 0 aliphatic heterocycles. The Morgan fingerprint density at radius 3 is 2.38 bits per heavy atom. The molecule has 0 aromatic heterocycles. The van der Waals surface area contributed by atoms with Crippen LogP contribution in [0.25, 0.3) is 0 Å². The first-order chi connectivity index (χ1) is 9.69. The van der Waals surface area contributed by atoms with Crippen LogP contribution in [0.2, 0.25) is 18.1 Å². The minimum atomic E-state index is -1.82. The van der Waals surface area contributed by atoms with Gasteiger partial charge in [-0.25, -0.2) is 0 Å². The second-order valence-corrected chi connectivity index (χ2v) is 13.3. The van der Waals surface area contributed by atoms with Gasteiger partial charge in [-0.3, -0.25) is 4.79 Å². The van der Waals surface area contributed by atoms with Gasteiger partial charge in [0.1, 0.15) is 0 Å². The summed E-state index contributed by atoms with van der Waals surface area (Å²) in [5.41, 5.74) is 0. The number of hydrogen-bond donors (Lipinski definition) is 0. The third kappa shape index (κ3) is 5.48. The third-order valence-electron chi connectivity index (χ3n) is 4.51. The predicted octanol–water partition coefficient (Wildman–Crippen LogP) is 5.90. The summed E-state index contributed by atoms with van der Waals surface area (Å²) in [7, 11) is -1.82. The molecular weight excluding hydrogens is 296 g/mol. The third-order valence-corrected chi connectivity index (χ3v) is 10.1. The van der Waals surface area contributed by atoms with Crippen molar-refractivity contribution in [1.29, 1.82) is 0 Å². The molecule has 4 heteroatoms. The highest BCUT2D eigenvalue weighted by molar-refractivity contribution is 8.04. The molecule has 122 valence electrons. The van der Waals surface area contributed by atoms with Crippen molar-refractivity contribution in [3.05, 3.63) is 10.7 Å². The maximum Gasteiger partial charge on any atom is 0.250 e. The lowest BCUT2D eigenvalue weighted by Gasteiger charge is -2.37. The fourth-order valence-corrected chi connectivity index (χ4v) is 4.35. The number of carbonyl (C=O) groups excluding carboxylic acids is 1. The Labute approximate surface area is 136 Å². The van der Waals surface area contributed by atoms with Gasteiger partial charge < -0.3 is 4.43 Å². The van der Waals surface area contributed by atoms with Crippen molar-refractivity contribution in [3.8, 4) is 0 Å². The van der Waals surface area contributed by atoms with Crippen molar-refractivity contribution in [3.63, 3.8) is 0 Å². The van der Waals surface area contributed by atoms with Gasteiger partial charge in [0.05, 0.1) is 10.7 Å². The van der Waals surface area contributed by atoms with Gasteiger partial charge >= 0.3 is 0 Å². The predicted molar refractivity (Wildman–Crippen MR) is 96.1 cm³/mol. The van der Waals surface area contributed by atoms with E-state index in [2.05, 4.69) is 40.8 Å². The largest absolute Gasteiger partial charge is 0.545 e. The number of thioether (sulfide) groups is 1. The van der Waals surface area contributed by atoms with E-state index in [0.29, 0.717) is 12.2 Å². The highest BCUT2D eigenvalue weighted by Gasteiger charge is 2.41. The molecule has 1 rings (SSSR count). The van der Waals surface area contributed by atoms with Crippen LogP contribution >= 0.6 is 11.8 Å². The van der Waals surface area contributed by atoms with E-state index in [1.54, 1.807) is 11.8 Å². The van der Waals surface area contributed by atoms with Crippen molar-refractivity contribution >= 4 is 25.9 Å². The number of allylic oxidation sites excluding steroid dienone is 2. The molecule has 0 saturated carbocycles. The summed E-state index contributed by atoms with van der Waals surface area (Å²) in [4.78, 5) is 13.0. The molecule has 0 aromatic rings. The highest BCUT2D eigenvalue weighted by Crippen LogP contribution is 2.42. The van der Waals surface area contributed by atoms with E-state index in [-0.39, 0.29) is 5.04 Å². The highest BCUT2D eigenvalue weighted by atomic mass is 32.2. The van der Waals surface area contributed by atoms with Crippen molar-refractivity contribution < 1.29 is 9.22 Å². The zero-order valence-corrected chi connectivity index (χ0v) is 16.5. The van der Waals surface area contributed by atoms with Gasteiger partial charge in [-0.2, -0.15) is 0 Å². The fourth-order valence-electron chi connectivity index (χ4n) is 2.03. The molecule has 0 fully saturated rings. The first-order valence-corrected chi connectivity index (χ1v) is 12.2. The van der Waals surface area contributed by atoms with Crippen LogP contribution in [0.4, 0.5) is 0 Å². The maximum absolute atomic E-state index is 12.1. The Morgan fingerprint density at radius 2 is 1.81 bits per heavy atom. The topological polar surface area (TPSA) is 26.3 Å². The van der Waals surface area contributed by atoms with Gasteiger partial charge in [-0.05, 0) is 30.3 Å². The van der Waals surface area contributed by atoms with Crippen LogP contribution < -0.4 is 0 Å². The molecule has 21 heavy (non-hydrogen) atoms. The molecule has 0 aromatic carbocycles. The molecule has 0 atom stereocenters. The summed E-state index contributed by atoms with van der Waals surface area (Å²) in [5, 5.41) is 0.183. The lowest BCUT2D eigenvalue weighted by molar-refractivity contribution is -0.114. The van der Waals surface area contributed by atoms with Crippen LogP contribution in [0.5, 0.6) is 0 Å². The monoisotopic (exact) mass is 328 g/mol. The Hall–Kier alpha value is -0.223. The average molecular weight is 329 g/mol. The molecule has 0 saturated heterocycles. The molecular formula is C17H32O2SSi. The Morgan fingerprint density at radius 1 is 1.14 bits per heavy atom. The van der Waals surface area contributed by atoms with Crippen molar-refractivity contribution in [2.45, 2.75) is 84.4 Å². The quantitative estimate of drug-likeness (QED) is 0.410. The zero-order chi connectivity index (χ0) is 16.1. The van der Waals surface area contributed by atoms with Crippen LogP contribution in [-0.4, -0.2) is 19.9 Å². The second kappa shape index (κ2) is 7.86. The average Bonchev–Trinajstić information content (AvgIpc) is 2.69. The Kier molecular flexibility index (Phi) is 7.05. The molecule has 0 spiro atoms. The SMILES string of the molecule is CCCCCCSC1=C(O[Si](C)(C)C(C)(C)C)CCC1=O. The van der Waals surface area contributed by atoms with E-state index in [0.717, 1.165) is 22.8 Å². The molecule has 1 aliphatic carbocycles. The van der Waals surface area contributed by atoms with Crippen LogP contribution in [0.1, 0.15) is 66.2 Å². The molecule has 0 bridgehead atoms. The Balaban J connectivity index is 2.66. The summed E-state index contributed by atoms with van der Waals surface area (Å²) in [6, 6.07) is 0. The van der Waals surface area contributed by atoms with Crippen LogP contribution in [0, 0.1) is 0 Å². The zero-order valence-electron chi connectivity index (χ0n) is 14.7. The first kappa shape index (κ1) is 18.8. The van der Waals surface area contributed by atoms with E-state index in [1.165, 1.54) is 25.7 Å². The number of rotatable bonds is 8. The van der Waals surface area contributed by atoms with Gasteiger partial charge in [0, 0.05) is 12.8 Å². The second-order valence-electron chi connectivity index (χ2n) is 7.45. The van der Waals surface area contributed by atoms with Gasteiger partial charge in [-0.1, -0.05) is 47.0 Å². The molecule has 0 radical (unpaired) electrons. The number of unbranched alkanes of at least 4 members (excludes halogenated alkanes) is 3. The van der Waals surface area contributed by atoms with Crippen LogP contribution in [0.15, 0.2) is 10.7 Å². The lowest BCUT2D eigenvalue weighted by Crippen LogP contribution is -2.40. The van der Waals surface area contributed by atoms with E-state index in [4.69, 9.17) is 4.43 Å². The number of carbonyl (C=O) groups is 1. The van der Waals surface area contributed by atoms with E-state index >= 15 is 0 Å². The first-order valence-electron chi connectivity index (χ1n) is 8.27. The number of Topliss-reactive ketones (excluding diaryl/α,β-unsaturated/α-hetero) is 1. The van der Waals surface area contributed by atoms with Gasteiger partial charge in [-0.15, -0.1) is 11.8 Å². The van der Waals surface area contributed by atoms with Crippen molar-refractivity contribution in [2.24, 2.45) is 0 Å². The number of ketones is 1. The summed E-state index contributed by atoms with van der Waals surface area (Å²) < 4.78 is 6.40. The standard InChI is InChI=1S/C17H32O2SSi/c1-7-8-9-10-13-20-16-14(18)11-12-15(16)19-21(5,6)17(2,3)4/h7-13H2,1-6H3. The Bertz CT molecular complexity index is 394. The fraction of sp³-hybridized carbons (Fsp3) is 0.824. The van der Waals surface area contributed by atoms with Gasteiger partial charge in [0.15, 0.2) is 5.78 Å². The summed E-state index contributed by atoms with van der Waals surface area (Å²) >= 11 is 1.73.